The third kappa shape index (κ3) is 4.07. The number of nitrogens with zero attached hydrogens (tertiary/aromatic N) is 2. The largest absolute Gasteiger partial charge is 0.493 e. The Morgan fingerprint density at radius 2 is 1.66 bits per heavy atom. The van der Waals surface area contributed by atoms with Gasteiger partial charge in [0.2, 0.25) is 0 Å². The second-order valence-electron chi connectivity index (χ2n) is 8.49. The first-order chi connectivity index (χ1) is 17.0. The molecule has 1 atom stereocenters. The molecule has 2 aliphatic heterocycles. The van der Waals surface area contributed by atoms with E-state index in [4.69, 9.17) is 9.47 Å². The number of ether oxygens (including phenoxy) is 2. The van der Waals surface area contributed by atoms with E-state index in [1.54, 1.807) is 55.5 Å². The number of nitrogens with one attached hydrogen (secondary N) is 1. The zero-order valence-corrected chi connectivity index (χ0v) is 19.5. The van der Waals surface area contributed by atoms with Crippen molar-refractivity contribution in [3.63, 3.8) is 0 Å². The molecule has 178 valence electrons. The van der Waals surface area contributed by atoms with Crippen LogP contribution in [0.4, 0.5) is 10.5 Å². The maximum absolute atomic E-state index is 13.1. The van der Waals surface area contributed by atoms with Crippen molar-refractivity contribution >= 4 is 23.5 Å². The van der Waals surface area contributed by atoms with Crippen LogP contribution in [0.3, 0.4) is 0 Å². The smallest absolute Gasteiger partial charge is 0.332 e. The van der Waals surface area contributed by atoms with Gasteiger partial charge in [0.15, 0.2) is 11.5 Å². The minimum absolute atomic E-state index is 0.241. The number of amides is 4. The van der Waals surface area contributed by atoms with E-state index in [1.807, 2.05) is 30.3 Å². The van der Waals surface area contributed by atoms with Crippen molar-refractivity contribution in [3.8, 4) is 11.5 Å². The zero-order valence-electron chi connectivity index (χ0n) is 19.5. The maximum Gasteiger partial charge on any atom is 0.332 e. The minimum Gasteiger partial charge on any atom is -0.493 e. The Morgan fingerprint density at radius 3 is 2.37 bits per heavy atom. The van der Waals surface area contributed by atoms with Crippen molar-refractivity contribution in [2.24, 2.45) is 0 Å². The normalized spacial score (nSPS) is 16.6. The van der Waals surface area contributed by atoms with Crippen LogP contribution in [0.2, 0.25) is 0 Å². The van der Waals surface area contributed by atoms with E-state index >= 15 is 0 Å². The Labute approximate surface area is 203 Å². The molecule has 2 heterocycles. The molecule has 0 unspecified atom stereocenters. The minimum atomic E-state index is -0.498. The lowest BCUT2D eigenvalue weighted by Gasteiger charge is -2.28. The van der Waals surface area contributed by atoms with Crippen LogP contribution < -0.4 is 19.7 Å². The van der Waals surface area contributed by atoms with E-state index in [0.29, 0.717) is 42.3 Å². The van der Waals surface area contributed by atoms with Crippen LogP contribution in [0.5, 0.6) is 11.5 Å². The van der Waals surface area contributed by atoms with Gasteiger partial charge in [0.05, 0.1) is 19.9 Å². The molecule has 8 heteroatoms. The fraction of sp³-hybridized carbons (Fsp3) is 0.222. The summed E-state index contributed by atoms with van der Waals surface area (Å²) in [6.07, 6.45) is 0.508. The SMILES string of the molecule is COc1ccc(CNC(=O)c2ccc(N3C(=O)[C@@H]4Cc5ccccc5CN4C3=O)cc2)cc1OC. The third-order valence-electron chi connectivity index (χ3n) is 6.48. The second kappa shape index (κ2) is 9.13. The number of methoxy groups -OCH3 is 2. The molecule has 1 fully saturated rings. The molecule has 0 radical (unpaired) electrons. The van der Waals surface area contributed by atoms with Gasteiger partial charge in [0.1, 0.15) is 6.04 Å². The first-order valence-electron chi connectivity index (χ1n) is 11.3. The van der Waals surface area contributed by atoms with Crippen LogP contribution in [0.1, 0.15) is 27.0 Å². The molecule has 4 amide bonds. The van der Waals surface area contributed by atoms with Crippen LogP contribution in [0.15, 0.2) is 66.7 Å². The van der Waals surface area contributed by atoms with Crippen LogP contribution in [-0.4, -0.2) is 43.0 Å². The Hall–Kier alpha value is -4.33. The van der Waals surface area contributed by atoms with Crippen molar-refractivity contribution in [3.05, 3.63) is 89.0 Å². The molecule has 8 nitrogen and oxygen atoms in total. The number of hydrogen-bond donors (Lipinski definition) is 1. The van der Waals surface area contributed by atoms with Crippen molar-refractivity contribution < 1.29 is 23.9 Å². The van der Waals surface area contributed by atoms with Gasteiger partial charge in [0, 0.05) is 25.1 Å². The molecule has 0 saturated carbocycles. The van der Waals surface area contributed by atoms with E-state index in [0.717, 1.165) is 16.7 Å². The fourth-order valence-electron chi connectivity index (χ4n) is 4.59. The molecule has 1 saturated heterocycles. The molecule has 0 bridgehead atoms. The molecule has 1 N–H and O–H groups in total. The number of carbonyl (C=O) groups excluding carboxylic acids is 3. The van der Waals surface area contributed by atoms with Crippen molar-refractivity contribution in [2.75, 3.05) is 19.1 Å². The maximum atomic E-state index is 13.1. The Kier molecular flexibility index (Phi) is 5.86. The van der Waals surface area contributed by atoms with Gasteiger partial charge in [-0.3, -0.25) is 9.59 Å². The standard InChI is InChI=1S/C27H25N3O5/c1-34-23-12-7-17(13-24(23)35-2)15-28-25(31)18-8-10-21(11-9-18)30-26(32)22-14-19-5-3-4-6-20(19)16-29(22)27(30)33/h3-13,22H,14-16H2,1-2H3,(H,28,31)/t22-/m0/s1. The number of fused-ring (bicyclic) bond motifs is 2. The fourth-order valence-corrected chi connectivity index (χ4v) is 4.59. The highest BCUT2D eigenvalue weighted by atomic mass is 16.5. The summed E-state index contributed by atoms with van der Waals surface area (Å²) in [4.78, 5) is 41.7. The van der Waals surface area contributed by atoms with Gasteiger partial charge in [-0.25, -0.2) is 9.69 Å². The van der Waals surface area contributed by atoms with Crippen molar-refractivity contribution in [1.82, 2.24) is 10.2 Å². The van der Waals surface area contributed by atoms with Crippen molar-refractivity contribution in [1.29, 1.82) is 0 Å². The third-order valence-corrected chi connectivity index (χ3v) is 6.48. The van der Waals surface area contributed by atoms with Gasteiger partial charge >= 0.3 is 6.03 Å². The number of hydrogen-bond acceptors (Lipinski definition) is 5. The number of rotatable bonds is 6. The van der Waals surface area contributed by atoms with Crippen LogP contribution in [0.25, 0.3) is 0 Å². The van der Waals surface area contributed by atoms with Gasteiger partial charge in [-0.1, -0.05) is 30.3 Å². The van der Waals surface area contributed by atoms with E-state index in [-0.39, 0.29) is 17.8 Å². The topological polar surface area (TPSA) is 88.2 Å². The predicted octanol–water partition coefficient (Wildman–Crippen LogP) is 3.53. The molecule has 2 aliphatic rings. The van der Waals surface area contributed by atoms with Crippen LogP contribution in [0, 0.1) is 0 Å². The lowest BCUT2D eigenvalue weighted by atomic mass is 9.95. The lowest BCUT2D eigenvalue weighted by Crippen LogP contribution is -2.39. The molecule has 0 aliphatic carbocycles. The second-order valence-corrected chi connectivity index (χ2v) is 8.49. The van der Waals surface area contributed by atoms with E-state index in [9.17, 15) is 14.4 Å². The molecular weight excluding hydrogens is 446 g/mol. The summed E-state index contributed by atoms with van der Waals surface area (Å²) in [5.74, 6) is 0.695. The molecule has 5 rings (SSSR count). The lowest BCUT2D eigenvalue weighted by molar-refractivity contribution is -0.120. The summed E-state index contributed by atoms with van der Waals surface area (Å²) in [5, 5.41) is 2.87. The summed E-state index contributed by atoms with van der Waals surface area (Å²) >= 11 is 0. The summed E-state index contributed by atoms with van der Waals surface area (Å²) < 4.78 is 10.5. The number of benzene rings is 3. The molecule has 3 aromatic carbocycles. The monoisotopic (exact) mass is 471 g/mol. The predicted molar refractivity (Wildman–Crippen MR) is 130 cm³/mol. The average Bonchev–Trinajstić information content (AvgIpc) is 3.14. The Balaban J connectivity index is 1.26. The highest BCUT2D eigenvalue weighted by molar-refractivity contribution is 6.21. The van der Waals surface area contributed by atoms with Gasteiger partial charge in [-0.2, -0.15) is 0 Å². The first-order valence-corrected chi connectivity index (χ1v) is 11.3. The van der Waals surface area contributed by atoms with Gasteiger partial charge in [0.25, 0.3) is 11.8 Å². The zero-order chi connectivity index (χ0) is 24.5. The average molecular weight is 472 g/mol. The molecule has 3 aromatic rings. The summed E-state index contributed by atoms with van der Waals surface area (Å²) in [6.45, 7) is 0.722. The van der Waals surface area contributed by atoms with Crippen molar-refractivity contribution in [2.45, 2.75) is 25.6 Å². The molecule has 0 spiro atoms. The number of imide groups is 1. The Bertz CT molecular complexity index is 1260. The molecule has 0 aromatic heterocycles. The van der Waals surface area contributed by atoms with E-state index < -0.39 is 6.04 Å². The quantitative estimate of drug-likeness (QED) is 0.556. The van der Waals surface area contributed by atoms with Crippen LogP contribution in [-0.2, 0) is 24.3 Å². The summed E-state index contributed by atoms with van der Waals surface area (Å²) in [7, 11) is 3.12. The number of carbonyl (C=O) groups is 3. The first kappa shape index (κ1) is 22.5. The molecular formula is C27H25N3O5. The number of urea groups is 1. The van der Waals surface area contributed by atoms with Crippen LogP contribution >= 0.6 is 0 Å². The number of anilines is 1. The summed E-state index contributed by atoms with van der Waals surface area (Å²) in [6, 6.07) is 19.0. The Morgan fingerprint density at radius 1 is 0.943 bits per heavy atom. The summed E-state index contributed by atoms with van der Waals surface area (Å²) in [5.41, 5.74) is 3.90. The highest BCUT2D eigenvalue weighted by Gasteiger charge is 2.47. The highest BCUT2D eigenvalue weighted by Crippen LogP contribution is 2.33. The van der Waals surface area contributed by atoms with E-state index in [2.05, 4.69) is 5.32 Å². The van der Waals surface area contributed by atoms with Gasteiger partial charge in [-0.15, -0.1) is 0 Å². The van der Waals surface area contributed by atoms with E-state index in [1.165, 1.54) is 4.90 Å². The van der Waals surface area contributed by atoms with Gasteiger partial charge < -0.3 is 19.7 Å². The molecule has 35 heavy (non-hydrogen) atoms. The van der Waals surface area contributed by atoms with Gasteiger partial charge in [-0.05, 0) is 53.1 Å².